The van der Waals surface area contributed by atoms with Gasteiger partial charge in [0, 0.05) is 0 Å². The first-order chi connectivity index (χ1) is 12.0. The Balaban J connectivity index is 2.44. The zero-order chi connectivity index (χ0) is 18.4. The molecule has 0 aromatic heterocycles. The molecule has 128 valence electrons. The van der Waals surface area contributed by atoms with Crippen LogP contribution in [0.2, 0.25) is 0 Å². The van der Waals surface area contributed by atoms with Crippen molar-refractivity contribution in [2.24, 2.45) is 0 Å². The predicted molar refractivity (Wildman–Crippen MR) is 102 cm³/mol. The quantitative estimate of drug-likeness (QED) is 0.384. The van der Waals surface area contributed by atoms with Gasteiger partial charge in [0.25, 0.3) is 0 Å². The number of hydrogen-bond donors (Lipinski definition) is 0. The maximum absolute atomic E-state index is 5.95. The van der Waals surface area contributed by atoms with Crippen molar-refractivity contribution >= 4 is 6.14 Å². The fraction of sp³-hybridized carbons (Fsp3) is 0.273. The minimum atomic E-state index is -1.65. The topological polar surface area (TPSA) is 18.5 Å². The SMILES string of the molecule is C=CCOc1cc(C)c(C)c[c]1[Hg][c]1cc(C)c(C)cc1OCC=C. The van der Waals surface area contributed by atoms with E-state index < -0.39 is 24.6 Å². The predicted octanol–water partition coefficient (Wildman–Crippen LogP) is 4.08. The number of rotatable bonds is 8. The van der Waals surface area contributed by atoms with Crippen molar-refractivity contribution in [2.75, 3.05) is 13.2 Å². The van der Waals surface area contributed by atoms with E-state index in [0.29, 0.717) is 13.2 Å². The van der Waals surface area contributed by atoms with Gasteiger partial charge in [-0.1, -0.05) is 0 Å². The molecule has 3 heteroatoms. The molecule has 0 atom stereocenters. The minimum absolute atomic E-state index is 0.538. The van der Waals surface area contributed by atoms with Crippen LogP contribution in [0.4, 0.5) is 0 Å². The van der Waals surface area contributed by atoms with Gasteiger partial charge in [-0.3, -0.25) is 0 Å². The van der Waals surface area contributed by atoms with E-state index in [-0.39, 0.29) is 0 Å². The third-order valence-corrected chi connectivity index (χ3v) is 11.7. The second kappa shape index (κ2) is 9.24. The molecule has 2 rings (SSSR count). The van der Waals surface area contributed by atoms with Gasteiger partial charge in [0.2, 0.25) is 0 Å². The van der Waals surface area contributed by atoms with Gasteiger partial charge in [-0.25, -0.2) is 0 Å². The Morgan fingerprint density at radius 2 is 1.08 bits per heavy atom. The normalized spacial score (nSPS) is 10.1. The molecule has 0 radical (unpaired) electrons. The van der Waals surface area contributed by atoms with Crippen LogP contribution in [-0.2, 0) is 24.6 Å². The van der Waals surface area contributed by atoms with Gasteiger partial charge in [-0.2, -0.15) is 0 Å². The van der Waals surface area contributed by atoms with Crippen molar-refractivity contribution in [3.05, 3.63) is 71.8 Å². The fourth-order valence-electron chi connectivity index (χ4n) is 2.75. The third-order valence-electron chi connectivity index (χ3n) is 4.45. The molecular weight excluding hydrogens is 497 g/mol. The van der Waals surface area contributed by atoms with Gasteiger partial charge < -0.3 is 0 Å². The van der Waals surface area contributed by atoms with E-state index in [1.165, 1.54) is 28.4 Å². The van der Waals surface area contributed by atoms with Crippen LogP contribution in [0.1, 0.15) is 22.3 Å². The van der Waals surface area contributed by atoms with Crippen LogP contribution in [0.5, 0.6) is 11.5 Å². The summed E-state index contributed by atoms with van der Waals surface area (Å²) >= 11 is -1.65. The number of benzene rings is 2. The molecule has 0 fully saturated rings. The average molecular weight is 523 g/mol. The van der Waals surface area contributed by atoms with Crippen molar-refractivity contribution in [1.29, 1.82) is 0 Å². The Hall–Kier alpha value is -1.54. The molecule has 0 amide bonds. The fourth-order valence-corrected chi connectivity index (χ4v) is 10.5. The van der Waals surface area contributed by atoms with Crippen molar-refractivity contribution in [3.63, 3.8) is 0 Å². The molecule has 0 aliphatic heterocycles. The summed E-state index contributed by atoms with van der Waals surface area (Å²) in [7, 11) is 0. The third kappa shape index (κ3) is 5.21. The summed E-state index contributed by atoms with van der Waals surface area (Å²) in [6.45, 7) is 17.2. The zero-order valence-electron chi connectivity index (χ0n) is 15.8. The average Bonchev–Trinajstić information content (AvgIpc) is 2.58. The Bertz CT molecular complexity index is 713. The Morgan fingerprint density at radius 1 is 0.720 bits per heavy atom. The van der Waals surface area contributed by atoms with Gasteiger partial charge in [-0.15, -0.1) is 0 Å². The molecule has 25 heavy (non-hydrogen) atoms. The van der Waals surface area contributed by atoms with E-state index in [4.69, 9.17) is 9.47 Å². The number of ether oxygens (including phenoxy) is 2. The van der Waals surface area contributed by atoms with Gasteiger partial charge in [-0.05, 0) is 0 Å². The molecule has 2 nitrogen and oxygen atoms in total. The van der Waals surface area contributed by atoms with Crippen LogP contribution in [-0.4, -0.2) is 13.2 Å². The number of aryl methyl sites for hydroxylation is 4. The molecule has 0 N–H and O–H groups in total. The van der Waals surface area contributed by atoms with Crippen LogP contribution < -0.4 is 15.6 Å². The molecule has 2 aromatic rings. The molecular formula is C22H26HgO2. The number of hydrogen-bond acceptors (Lipinski definition) is 2. The summed E-state index contributed by atoms with van der Waals surface area (Å²) in [6.07, 6.45) is 3.59. The van der Waals surface area contributed by atoms with Crippen molar-refractivity contribution in [1.82, 2.24) is 0 Å². The van der Waals surface area contributed by atoms with E-state index in [9.17, 15) is 0 Å². The van der Waals surface area contributed by atoms with E-state index in [1.807, 2.05) is 0 Å². The van der Waals surface area contributed by atoms with Crippen LogP contribution in [0.25, 0.3) is 0 Å². The molecule has 0 saturated carbocycles. The van der Waals surface area contributed by atoms with Gasteiger partial charge in [0.1, 0.15) is 0 Å². The molecule has 0 heterocycles. The molecule has 0 aliphatic carbocycles. The summed E-state index contributed by atoms with van der Waals surface area (Å²) in [6, 6.07) is 8.95. The van der Waals surface area contributed by atoms with Crippen molar-refractivity contribution < 1.29 is 34.0 Å². The Labute approximate surface area is 164 Å². The maximum atomic E-state index is 5.95. The standard InChI is InChI=1S/2C11H13O.Hg/c2*1-4-7-12-11-6-5-9(2)10(3)8-11;/h2*4-5,8H,1,7H2,2-3H3;. The summed E-state index contributed by atoms with van der Waals surface area (Å²) in [5, 5.41) is 0. The summed E-state index contributed by atoms with van der Waals surface area (Å²) in [5.41, 5.74) is 5.16. The van der Waals surface area contributed by atoms with Gasteiger partial charge in [0.05, 0.1) is 0 Å². The first-order valence-corrected chi connectivity index (χ1v) is 14.1. The van der Waals surface area contributed by atoms with Crippen molar-refractivity contribution in [3.8, 4) is 11.5 Å². The molecule has 0 unspecified atom stereocenters. The zero-order valence-corrected chi connectivity index (χ0v) is 21.3. The van der Waals surface area contributed by atoms with Crippen molar-refractivity contribution in [2.45, 2.75) is 27.7 Å². The Kier molecular flexibility index (Phi) is 7.31. The Morgan fingerprint density at radius 3 is 1.44 bits per heavy atom. The molecule has 2 aromatic carbocycles. The first kappa shape index (κ1) is 19.8. The molecule has 0 bridgehead atoms. The molecule has 0 spiro atoms. The van der Waals surface area contributed by atoms with Crippen LogP contribution in [0.3, 0.4) is 0 Å². The molecule has 0 aliphatic rings. The summed E-state index contributed by atoms with van der Waals surface area (Å²) < 4.78 is 14.7. The van der Waals surface area contributed by atoms with Crippen LogP contribution in [0, 0.1) is 27.7 Å². The van der Waals surface area contributed by atoms with E-state index >= 15 is 0 Å². The van der Waals surface area contributed by atoms with Gasteiger partial charge >= 0.3 is 164 Å². The van der Waals surface area contributed by atoms with E-state index in [0.717, 1.165) is 11.5 Å². The second-order valence-corrected chi connectivity index (χ2v) is 13.8. The van der Waals surface area contributed by atoms with E-state index in [2.05, 4.69) is 65.1 Å². The monoisotopic (exact) mass is 524 g/mol. The second-order valence-electron chi connectivity index (χ2n) is 6.46. The summed E-state index contributed by atoms with van der Waals surface area (Å²) in [4.78, 5) is 0. The molecule has 0 saturated heterocycles. The summed E-state index contributed by atoms with van der Waals surface area (Å²) in [5.74, 6) is 2.02. The first-order valence-electron chi connectivity index (χ1n) is 8.64. The van der Waals surface area contributed by atoms with E-state index in [1.54, 1.807) is 12.2 Å². The van der Waals surface area contributed by atoms with Crippen LogP contribution >= 0.6 is 0 Å². The van der Waals surface area contributed by atoms with Crippen LogP contribution in [0.15, 0.2) is 49.6 Å². The van der Waals surface area contributed by atoms with Gasteiger partial charge in [0.15, 0.2) is 0 Å².